The van der Waals surface area contributed by atoms with Crippen LogP contribution in [0.2, 0.25) is 0 Å². The lowest BCUT2D eigenvalue weighted by molar-refractivity contribution is -0.149. The van der Waals surface area contributed by atoms with E-state index >= 15 is 0 Å². The Morgan fingerprint density at radius 1 is 1.41 bits per heavy atom. The summed E-state index contributed by atoms with van der Waals surface area (Å²) in [5.74, 6) is 0.143. The summed E-state index contributed by atoms with van der Waals surface area (Å²) in [4.78, 5) is 13.5. The molecule has 0 aliphatic carbocycles. The van der Waals surface area contributed by atoms with Crippen LogP contribution in [-0.4, -0.2) is 34.9 Å². The monoisotopic (exact) mass is 315 g/mol. The number of rotatable bonds is 3. The van der Waals surface area contributed by atoms with Crippen LogP contribution < -0.4 is 0 Å². The molecule has 1 fully saturated rings. The second kappa shape index (κ2) is 6.07. The van der Waals surface area contributed by atoms with Crippen molar-refractivity contribution in [2.75, 3.05) is 13.1 Å². The van der Waals surface area contributed by atoms with Gasteiger partial charge in [-0.2, -0.15) is 13.2 Å². The summed E-state index contributed by atoms with van der Waals surface area (Å²) < 4.78 is 35.9. The van der Waals surface area contributed by atoms with Crippen molar-refractivity contribution in [1.29, 1.82) is 0 Å². The van der Waals surface area contributed by atoms with Gasteiger partial charge in [0, 0.05) is 24.3 Å². The highest BCUT2D eigenvalue weighted by Gasteiger charge is 2.30. The van der Waals surface area contributed by atoms with E-state index in [0.717, 1.165) is 12.8 Å². The van der Waals surface area contributed by atoms with Gasteiger partial charge >= 0.3 is 6.18 Å². The molecule has 0 bridgehead atoms. The molecule has 17 heavy (non-hydrogen) atoms. The third-order valence-corrected chi connectivity index (χ3v) is 3.91. The first-order chi connectivity index (χ1) is 7.79. The van der Waals surface area contributed by atoms with Gasteiger partial charge in [-0.05, 0) is 18.8 Å². The molecule has 100 valence electrons. The molecule has 1 unspecified atom stereocenters. The number of carbonyl (C=O) groups is 1. The summed E-state index contributed by atoms with van der Waals surface area (Å²) in [7, 11) is 0. The van der Waals surface area contributed by atoms with Crippen LogP contribution >= 0.6 is 15.9 Å². The van der Waals surface area contributed by atoms with Crippen molar-refractivity contribution >= 4 is 21.8 Å². The maximum Gasteiger partial charge on any atom is 0.389 e. The van der Waals surface area contributed by atoms with Crippen LogP contribution in [0.25, 0.3) is 0 Å². The molecule has 0 saturated carbocycles. The fraction of sp³-hybridized carbons (Fsp3) is 0.909. The number of nitrogens with zero attached hydrogens (tertiary/aromatic N) is 1. The zero-order chi connectivity index (χ0) is 13.1. The molecular weight excluding hydrogens is 299 g/mol. The Labute approximate surface area is 108 Å². The minimum Gasteiger partial charge on any atom is -0.343 e. The molecule has 1 atom stereocenters. The standard InChI is InChI=1S/C11H17BrF3NO/c1-8(12)9-3-6-16(7-4-9)10(17)2-5-11(13,14)15/h8-9H,2-7H2,1H3. The van der Waals surface area contributed by atoms with Gasteiger partial charge in [0.25, 0.3) is 0 Å². The first kappa shape index (κ1) is 14.8. The molecular formula is C11H17BrF3NO. The highest BCUT2D eigenvalue weighted by atomic mass is 79.9. The van der Waals surface area contributed by atoms with E-state index in [4.69, 9.17) is 0 Å². The molecule has 0 N–H and O–H groups in total. The molecule has 2 nitrogen and oxygen atoms in total. The van der Waals surface area contributed by atoms with E-state index in [9.17, 15) is 18.0 Å². The highest BCUT2D eigenvalue weighted by Crippen LogP contribution is 2.26. The van der Waals surface area contributed by atoms with Crippen LogP contribution in [0, 0.1) is 5.92 Å². The molecule has 1 rings (SSSR count). The van der Waals surface area contributed by atoms with Gasteiger partial charge < -0.3 is 4.90 Å². The number of piperidine rings is 1. The van der Waals surface area contributed by atoms with Crippen molar-refractivity contribution in [2.45, 2.75) is 43.6 Å². The maximum absolute atomic E-state index is 12.0. The van der Waals surface area contributed by atoms with Crippen LogP contribution in [0.3, 0.4) is 0 Å². The molecule has 1 aliphatic heterocycles. The van der Waals surface area contributed by atoms with Crippen LogP contribution in [0.15, 0.2) is 0 Å². The van der Waals surface area contributed by atoms with E-state index in [1.807, 2.05) is 0 Å². The second-order valence-electron chi connectivity index (χ2n) is 4.51. The van der Waals surface area contributed by atoms with Crippen molar-refractivity contribution in [3.05, 3.63) is 0 Å². The number of amides is 1. The SMILES string of the molecule is CC(Br)C1CCN(C(=O)CCC(F)(F)F)CC1. The van der Waals surface area contributed by atoms with Crippen molar-refractivity contribution < 1.29 is 18.0 Å². The summed E-state index contributed by atoms with van der Waals surface area (Å²) in [5.41, 5.74) is 0. The van der Waals surface area contributed by atoms with Crippen LogP contribution in [-0.2, 0) is 4.79 Å². The fourth-order valence-corrected chi connectivity index (χ4v) is 2.54. The minimum atomic E-state index is -4.24. The normalized spacial score (nSPS) is 20.4. The molecule has 1 saturated heterocycles. The van der Waals surface area contributed by atoms with Gasteiger partial charge in [-0.1, -0.05) is 22.9 Å². The van der Waals surface area contributed by atoms with Gasteiger partial charge in [-0.3, -0.25) is 4.79 Å². The first-order valence-electron chi connectivity index (χ1n) is 5.78. The molecule has 0 aromatic heterocycles. The molecule has 6 heteroatoms. The van der Waals surface area contributed by atoms with Crippen molar-refractivity contribution in [3.63, 3.8) is 0 Å². The summed E-state index contributed by atoms with van der Waals surface area (Å²) >= 11 is 3.50. The summed E-state index contributed by atoms with van der Waals surface area (Å²) in [6.07, 6.45) is -3.94. The Morgan fingerprint density at radius 3 is 2.35 bits per heavy atom. The third-order valence-electron chi connectivity index (χ3n) is 3.16. The quantitative estimate of drug-likeness (QED) is 0.731. The molecule has 1 amide bonds. The number of likely N-dealkylation sites (tertiary alicyclic amines) is 1. The molecule has 1 heterocycles. The number of hydrogen-bond donors (Lipinski definition) is 0. The fourth-order valence-electron chi connectivity index (χ4n) is 2.01. The average molecular weight is 316 g/mol. The van der Waals surface area contributed by atoms with Crippen LogP contribution in [0.4, 0.5) is 13.2 Å². The first-order valence-corrected chi connectivity index (χ1v) is 6.70. The van der Waals surface area contributed by atoms with Gasteiger partial charge in [0.15, 0.2) is 0 Å². The van der Waals surface area contributed by atoms with E-state index in [-0.39, 0.29) is 5.91 Å². The predicted molar refractivity (Wildman–Crippen MR) is 63.0 cm³/mol. The van der Waals surface area contributed by atoms with Crippen LogP contribution in [0.5, 0.6) is 0 Å². The summed E-state index contributed by atoms with van der Waals surface area (Å²) in [6, 6.07) is 0. The van der Waals surface area contributed by atoms with E-state index in [1.54, 1.807) is 4.90 Å². The second-order valence-corrected chi connectivity index (χ2v) is 5.96. The Hall–Kier alpha value is -0.260. The summed E-state index contributed by atoms with van der Waals surface area (Å²) in [6.45, 7) is 3.22. The predicted octanol–water partition coefficient (Wildman–Crippen LogP) is 3.35. The maximum atomic E-state index is 12.0. The van der Waals surface area contributed by atoms with Crippen molar-refractivity contribution in [2.24, 2.45) is 5.92 Å². The Morgan fingerprint density at radius 2 is 1.94 bits per heavy atom. The Balaban J connectivity index is 2.31. The molecule has 0 aromatic rings. The smallest absolute Gasteiger partial charge is 0.343 e. The van der Waals surface area contributed by atoms with Crippen LogP contribution in [0.1, 0.15) is 32.6 Å². The van der Waals surface area contributed by atoms with Crippen molar-refractivity contribution in [3.8, 4) is 0 Å². The van der Waals surface area contributed by atoms with Gasteiger partial charge in [0.05, 0.1) is 6.42 Å². The molecule has 1 aliphatic rings. The Bertz CT molecular complexity index is 260. The third kappa shape index (κ3) is 5.27. The number of carbonyl (C=O) groups excluding carboxylic acids is 1. The highest BCUT2D eigenvalue weighted by molar-refractivity contribution is 9.09. The average Bonchev–Trinajstić information content (AvgIpc) is 2.25. The number of hydrogen-bond acceptors (Lipinski definition) is 1. The number of halogens is 4. The lowest BCUT2D eigenvalue weighted by Crippen LogP contribution is -2.40. The van der Waals surface area contributed by atoms with Gasteiger partial charge in [-0.15, -0.1) is 0 Å². The van der Waals surface area contributed by atoms with E-state index in [0.29, 0.717) is 23.8 Å². The molecule has 0 radical (unpaired) electrons. The lowest BCUT2D eigenvalue weighted by atomic mass is 9.94. The largest absolute Gasteiger partial charge is 0.389 e. The van der Waals surface area contributed by atoms with Crippen molar-refractivity contribution in [1.82, 2.24) is 4.90 Å². The molecule has 0 aromatic carbocycles. The zero-order valence-electron chi connectivity index (χ0n) is 9.76. The Kier molecular flexibility index (Phi) is 5.28. The van der Waals surface area contributed by atoms with E-state index < -0.39 is 19.0 Å². The summed E-state index contributed by atoms with van der Waals surface area (Å²) in [5, 5.41) is 0. The van der Waals surface area contributed by atoms with Gasteiger partial charge in [-0.25, -0.2) is 0 Å². The minimum absolute atomic E-state index is 0.372. The van der Waals surface area contributed by atoms with E-state index in [2.05, 4.69) is 22.9 Å². The van der Waals surface area contributed by atoms with Gasteiger partial charge in [0.2, 0.25) is 5.91 Å². The molecule has 0 spiro atoms. The topological polar surface area (TPSA) is 20.3 Å². The lowest BCUT2D eigenvalue weighted by Gasteiger charge is -2.33. The number of alkyl halides is 4. The van der Waals surface area contributed by atoms with E-state index in [1.165, 1.54) is 0 Å². The van der Waals surface area contributed by atoms with Gasteiger partial charge in [0.1, 0.15) is 0 Å². The zero-order valence-corrected chi connectivity index (χ0v) is 11.4.